The number of hydrogen-bond donors (Lipinski definition) is 0. The maximum absolute atomic E-state index is 7.04. The van der Waals surface area contributed by atoms with Crippen LogP contribution in [0.1, 0.15) is 19.3 Å². The van der Waals surface area contributed by atoms with Crippen LogP contribution < -0.4 is 10.4 Å². The lowest BCUT2D eigenvalue weighted by Gasteiger charge is -2.34. The summed E-state index contributed by atoms with van der Waals surface area (Å²) >= 11 is 0. The second kappa shape index (κ2) is 12.2. The number of benzene rings is 2. The third-order valence-corrected chi connectivity index (χ3v) is 8.66. The average molecular weight is 405 g/mol. The maximum atomic E-state index is 7.04. The molecule has 0 heterocycles. The molecule has 0 aliphatic carbocycles. The molecule has 0 N–H and O–H groups in total. The van der Waals surface area contributed by atoms with Crippen LogP contribution in [0.15, 0.2) is 110 Å². The van der Waals surface area contributed by atoms with Gasteiger partial charge in [-0.25, -0.2) is 0 Å². The van der Waals surface area contributed by atoms with Gasteiger partial charge in [0.1, 0.15) is 0 Å². The molecule has 0 amide bonds. The fourth-order valence-corrected chi connectivity index (χ4v) is 7.40. The number of methoxy groups -OCH3 is 1. The summed E-state index contributed by atoms with van der Waals surface area (Å²) in [5.74, 6) is 0. The van der Waals surface area contributed by atoms with Crippen molar-refractivity contribution in [2.75, 3.05) is 13.7 Å². The van der Waals surface area contributed by atoms with Crippen LogP contribution in [0.4, 0.5) is 0 Å². The van der Waals surface area contributed by atoms with Crippen LogP contribution in [0, 0.1) is 0 Å². The summed E-state index contributed by atoms with van der Waals surface area (Å²) in [6, 6.07) is 21.1. The predicted octanol–water partition coefficient (Wildman–Crippen LogP) is 4.97. The van der Waals surface area contributed by atoms with Crippen molar-refractivity contribution in [3.63, 3.8) is 0 Å². The smallest absolute Gasteiger partial charge is 0.281 e. The van der Waals surface area contributed by atoms with Crippen molar-refractivity contribution in [2.24, 2.45) is 0 Å². The van der Waals surface area contributed by atoms with E-state index in [4.69, 9.17) is 9.16 Å². The third kappa shape index (κ3) is 6.26. The van der Waals surface area contributed by atoms with Crippen LogP contribution >= 0.6 is 0 Å². The first-order valence-electron chi connectivity index (χ1n) is 10.0. The van der Waals surface area contributed by atoms with E-state index in [9.17, 15) is 0 Å². The highest BCUT2D eigenvalue weighted by Gasteiger charge is 2.40. The van der Waals surface area contributed by atoms with Gasteiger partial charge in [0.2, 0.25) is 0 Å². The highest BCUT2D eigenvalue weighted by Crippen LogP contribution is 2.20. The molecule has 0 unspecified atom stereocenters. The van der Waals surface area contributed by atoms with E-state index in [1.165, 1.54) is 15.9 Å². The average Bonchev–Trinajstić information content (AvgIpc) is 2.75. The molecule has 2 rings (SSSR count). The Hall–Kier alpha value is -2.46. The summed E-state index contributed by atoms with van der Waals surface area (Å²) in [7, 11) is -0.982. The molecule has 152 valence electrons. The first-order chi connectivity index (χ1) is 14.2. The number of hydrogen-bond acceptors (Lipinski definition) is 2. The van der Waals surface area contributed by atoms with Crippen LogP contribution in [-0.2, 0) is 9.16 Å². The molecular formula is C26H32O2Si. The molecule has 0 spiro atoms. The van der Waals surface area contributed by atoms with Gasteiger partial charge in [0, 0.05) is 7.11 Å². The summed E-state index contributed by atoms with van der Waals surface area (Å²) in [5.41, 5.74) is 3.51. The van der Waals surface area contributed by atoms with Crippen molar-refractivity contribution >= 4 is 18.7 Å². The summed E-state index contributed by atoms with van der Waals surface area (Å²) in [6.45, 7) is 12.3. The molecule has 29 heavy (non-hydrogen) atoms. The van der Waals surface area contributed by atoms with Crippen LogP contribution in [0.25, 0.3) is 0 Å². The Morgan fingerprint density at radius 3 is 1.79 bits per heavy atom. The molecular weight excluding hydrogens is 372 g/mol. The monoisotopic (exact) mass is 404 g/mol. The van der Waals surface area contributed by atoms with E-state index in [0.717, 1.165) is 19.3 Å². The van der Waals surface area contributed by atoms with E-state index < -0.39 is 8.32 Å². The Morgan fingerprint density at radius 1 is 0.862 bits per heavy atom. The van der Waals surface area contributed by atoms with Crippen LogP contribution in [0.5, 0.6) is 0 Å². The van der Waals surface area contributed by atoms with Crippen LogP contribution in [0.2, 0.25) is 0 Å². The second-order valence-electron chi connectivity index (χ2n) is 6.98. The van der Waals surface area contributed by atoms with Crippen molar-refractivity contribution < 1.29 is 9.16 Å². The molecule has 0 radical (unpaired) electrons. The second-order valence-corrected chi connectivity index (χ2v) is 10.1. The topological polar surface area (TPSA) is 18.5 Å². The molecule has 3 heteroatoms. The lowest BCUT2D eigenvalue weighted by Crippen LogP contribution is -2.61. The van der Waals surface area contributed by atoms with Crippen LogP contribution in [0.3, 0.4) is 0 Å². The highest BCUT2D eigenvalue weighted by molar-refractivity contribution is 7.01. The Balaban J connectivity index is 2.73. The summed E-state index contributed by atoms with van der Waals surface area (Å²) < 4.78 is 12.5. The normalized spacial score (nSPS) is 12.0. The molecule has 2 aromatic rings. The molecule has 2 aromatic carbocycles. The van der Waals surface area contributed by atoms with Crippen molar-refractivity contribution in [3.05, 3.63) is 110 Å². The van der Waals surface area contributed by atoms with Crippen molar-refractivity contribution in [1.82, 2.24) is 0 Å². The number of ether oxygens (including phenoxy) is 1. The van der Waals surface area contributed by atoms with Gasteiger partial charge in [0.25, 0.3) is 8.32 Å². The quantitative estimate of drug-likeness (QED) is 0.347. The van der Waals surface area contributed by atoms with Gasteiger partial charge in [-0.3, -0.25) is 0 Å². The van der Waals surface area contributed by atoms with Crippen molar-refractivity contribution in [1.29, 1.82) is 0 Å². The van der Waals surface area contributed by atoms with Gasteiger partial charge in [-0.05, 0) is 35.2 Å². The van der Waals surface area contributed by atoms with E-state index in [2.05, 4.69) is 74.0 Å². The molecule has 0 saturated carbocycles. The van der Waals surface area contributed by atoms with Gasteiger partial charge in [-0.1, -0.05) is 84.6 Å². The van der Waals surface area contributed by atoms with Gasteiger partial charge in [0.05, 0.1) is 12.7 Å². The Kier molecular flexibility index (Phi) is 9.58. The van der Waals surface area contributed by atoms with Gasteiger partial charge in [-0.15, -0.1) is 19.7 Å². The fraction of sp³-hybridized carbons (Fsp3) is 0.231. The number of allylic oxidation sites excluding steroid dienone is 1. The lowest BCUT2D eigenvalue weighted by atomic mass is 10.2. The molecule has 0 saturated heterocycles. The SMILES string of the molecule is C=CC/C(=C/[Si](OC(CC=C)CC=C)(c1ccccc1)c1ccccc1)COC. The zero-order valence-electron chi connectivity index (χ0n) is 17.4. The highest BCUT2D eigenvalue weighted by atomic mass is 28.4. The van der Waals surface area contributed by atoms with Gasteiger partial charge in [-0.2, -0.15) is 0 Å². The standard InChI is InChI=1S/C26H32O2Si/c1-5-14-23(21-27-4)22-29(25-17-10-8-11-18-25,26-19-12-9-13-20-26)28-24(15-6-2)16-7-3/h5-13,17-20,22,24H,1-3,14-16,21H2,4H3/b23-22-. The summed E-state index contributed by atoms with van der Waals surface area (Å²) in [6.07, 6.45) is 8.09. The molecule has 0 fully saturated rings. The van der Waals surface area contributed by atoms with Crippen molar-refractivity contribution in [2.45, 2.75) is 25.4 Å². The molecule has 0 aromatic heterocycles. The molecule has 0 bridgehead atoms. The van der Waals surface area contributed by atoms with E-state index in [1.54, 1.807) is 7.11 Å². The first-order valence-corrected chi connectivity index (χ1v) is 12.0. The Bertz CT molecular complexity index is 746. The predicted molar refractivity (Wildman–Crippen MR) is 127 cm³/mol. The Morgan fingerprint density at radius 2 is 1.38 bits per heavy atom. The van der Waals surface area contributed by atoms with E-state index >= 15 is 0 Å². The van der Waals surface area contributed by atoms with Crippen LogP contribution in [-0.4, -0.2) is 28.1 Å². The molecule has 0 atom stereocenters. The maximum Gasteiger partial charge on any atom is 0.281 e. The zero-order chi connectivity index (χ0) is 21.0. The van der Waals surface area contributed by atoms with Gasteiger partial charge < -0.3 is 9.16 Å². The van der Waals surface area contributed by atoms with Crippen molar-refractivity contribution in [3.8, 4) is 0 Å². The summed E-state index contributed by atoms with van der Waals surface area (Å²) in [4.78, 5) is 0. The third-order valence-electron chi connectivity index (χ3n) is 4.76. The zero-order valence-corrected chi connectivity index (χ0v) is 18.4. The molecule has 2 nitrogen and oxygen atoms in total. The molecule has 0 aliphatic rings. The Labute approximate surface area is 177 Å². The number of rotatable bonds is 13. The lowest BCUT2D eigenvalue weighted by molar-refractivity contribution is 0.207. The minimum atomic E-state index is -2.71. The first kappa shape index (κ1) is 22.8. The van der Waals surface area contributed by atoms with Gasteiger partial charge in [0.15, 0.2) is 0 Å². The fourth-order valence-electron chi connectivity index (χ4n) is 3.52. The minimum absolute atomic E-state index is 0.0147. The largest absolute Gasteiger partial charge is 0.401 e. The van der Waals surface area contributed by atoms with E-state index in [0.29, 0.717) is 6.61 Å². The minimum Gasteiger partial charge on any atom is -0.401 e. The molecule has 0 aliphatic heterocycles. The summed E-state index contributed by atoms with van der Waals surface area (Å²) in [5, 5.41) is 2.42. The van der Waals surface area contributed by atoms with Gasteiger partial charge >= 0.3 is 0 Å². The van der Waals surface area contributed by atoms with E-state index in [-0.39, 0.29) is 6.10 Å². The van der Waals surface area contributed by atoms with E-state index in [1.807, 2.05) is 30.4 Å².